The molecule has 0 amide bonds. The number of aromatic carboxylic acids is 1. The minimum atomic E-state index is -1.19. The molecule has 1 aromatic rings. The SMILES string of the molecule is CN(C)CCCOC1=CC=C/C(=C2\c3cc(=O)c(C(=O)O)cn3C(C(C)(C)C)CN2C)C1. The number of allylic oxidation sites excluding steroid dienone is 4. The molecule has 1 atom stereocenters. The Labute approximate surface area is 190 Å². The summed E-state index contributed by atoms with van der Waals surface area (Å²) in [6.45, 7) is 8.74. The lowest BCUT2D eigenvalue weighted by atomic mass is 9.83. The van der Waals surface area contributed by atoms with Crippen LogP contribution in [0.2, 0.25) is 0 Å². The van der Waals surface area contributed by atoms with Gasteiger partial charge in [-0.05, 0) is 37.6 Å². The fourth-order valence-corrected chi connectivity index (χ4v) is 4.32. The topological polar surface area (TPSA) is 75.0 Å². The maximum atomic E-state index is 12.6. The first-order valence-electron chi connectivity index (χ1n) is 11.1. The van der Waals surface area contributed by atoms with Gasteiger partial charge in [0.05, 0.1) is 24.0 Å². The number of carboxylic acids is 1. The molecule has 0 bridgehead atoms. The summed E-state index contributed by atoms with van der Waals surface area (Å²) in [6, 6.07) is 1.50. The molecule has 0 aromatic carbocycles. The van der Waals surface area contributed by atoms with Gasteiger partial charge in [-0.25, -0.2) is 4.79 Å². The molecule has 0 fully saturated rings. The first-order valence-corrected chi connectivity index (χ1v) is 11.1. The predicted molar refractivity (Wildman–Crippen MR) is 127 cm³/mol. The van der Waals surface area contributed by atoms with E-state index >= 15 is 0 Å². The van der Waals surface area contributed by atoms with Gasteiger partial charge in [0.15, 0.2) is 5.43 Å². The van der Waals surface area contributed by atoms with Crippen molar-refractivity contribution in [3.8, 4) is 0 Å². The van der Waals surface area contributed by atoms with Crippen LogP contribution < -0.4 is 5.43 Å². The summed E-state index contributed by atoms with van der Waals surface area (Å²) in [4.78, 5) is 28.6. The van der Waals surface area contributed by atoms with Gasteiger partial charge in [-0.3, -0.25) is 4.79 Å². The monoisotopic (exact) mass is 441 g/mol. The van der Waals surface area contributed by atoms with Crippen LogP contribution >= 0.6 is 0 Å². The van der Waals surface area contributed by atoms with Crippen molar-refractivity contribution in [1.29, 1.82) is 0 Å². The number of nitrogens with zero attached hydrogens (tertiary/aromatic N) is 3. The normalized spacial score (nSPS) is 20.9. The molecule has 1 unspecified atom stereocenters. The molecule has 1 aliphatic carbocycles. The number of hydrogen-bond donors (Lipinski definition) is 1. The fourth-order valence-electron chi connectivity index (χ4n) is 4.32. The molecule has 0 saturated carbocycles. The second-order valence-corrected chi connectivity index (χ2v) is 9.96. The molecule has 7 heteroatoms. The summed E-state index contributed by atoms with van der Waals surface area (Å²) in [5, 5.41) is 9.52. The highest BCUT2D eigenvalue weighted by molar-refractivity contribution is 5.87. The van der Waals surface area contributed by atoms with Crippen molar-refractivity contribution in [2.75, 3.05) is 40.8 Å². The Kier molecular flexibility index (Phi) is 6.98. The van der Waals surface area contributed by atoms with Gasteiger partial charge in [-0.2, -0.15) is 0 Å². The zero-order valence-electron chi connectivity index (χ0n) is 20.0. The number of ether oxygens (including phenoxy) is 1. The highest BCUT2D eigenvalue weighted by atomic mass is 16.5. The zero-order chi connectivity index (χ0) is 23.6. The van der Waals surface area contributed by atoms with Crippen LogP contribution in [-0.4, -0.2) is 66.3 Å². The molecule has 0 radical (unpaired) electrons. The lowest BCUT2D eigenvalue weighted by molar-refractivity contribution is 0.0693. The van der Waals surface area contributed by atoms with Gasteiger partial charge in [-0.15, -0.1) is 0 Å². The molecule has 2 aliphatic rings. The Hall–Kier alpha value is -2.80. The Morgan fingerprint density at radius 2 is 2.03 bits per heavy atom. The second-order valence-electron chi connectivity index (χ2n) is 9.96. The zero-order valence-corrected chi connectivity index (χ0v) is 20.0. The summed E-state index contributed by atoms with van der Waals surface area (Å²) < 4.78 is 7.99. The maximum Gasteiger partial charge on any atom is 0.341 e. The van der Waals surface area contributed by atoms with E-state index in [9.17, 15) is 14.7 Å². The predicted octanol–water partition coefficient (Wildman–Crippen LogP) is 3.60. The molecule has 3 rings (SSSR count). The van der Waals surface area contributed by atoms with Crippen molar-refractivity contribution in [1.82, 2.24) is 14.4 Å². The van der Waals surface area contributed by atoms with Crippen molar-refractivity contribution >= 4 is 11.7 Å². The summed E-state index contributed by atoms with van der Waals surface area (Å²) in [7, 11) is 6.12. The van der Waals surface area contributed by atoms with Crippen LogP contribution in [0.5, 0.6) is 0 Å². The first kappa shape index (κ1) is 23.9. The number of hydrogen-bond acceptors (Lipinski definition) is 5. The highest BCUT2D eigenvalue weighted by Gasteiger charge is 2.36. The Morgan fingerprint density at radius 1 is 1.31 bits per heavy atom. The van der Waals surface area contributed by atoms with Crippen LogP contribution in [0.3, 0.4) is 0 Å². The summed E-state index contributed by atoms with van der Waals surface area (Å²) >= 11 is 0. The van der Waals surface area contributed by atoms with E-state index in [0.717, 1.165) is 35.7 Å². The minimum absolute atomic E-state index is 0.0235. The smallest absolute Gasteiger partial charge is 0.341 e. The van der Waals surface area contributed by atoms with Gasteiger partial charge in [0, 0.05) is 38.8 Å². The molecular weight excluding hydrogens is 406 g/mol. The molecular formula is C25H35N3O4. The maximum absolute atomic E-state index is 12.6. The van der Waals surface area contributed by atoms with E-state index in [2.05, 4.69) is 36.6 Å². The number of carbonyl (C=O) groups is 1. The van der Waals surface area contributed by atoms with Crippen LogP contribution in [0.25, 0.3) is 5.70 Å². The van der Waals surface area contributed by atoms with E-state index in [1.54, 1.807) is 0 Å². The van der Waals surface area contributed by atoms with Crippen molar-refractivity contribution < 1.29 is 14.6 Å². The summed E-state index contributed by atoms with van der Waals surface area (Å²) in [6.07, 6.45) is 9.11. The van der Waals surface area contributed by atoms with Gasteiger partial charge < -0.3 is 24.2 Å². The van der Waals surface area contributed by atoms with Crippen LogP contribution in [0.4, 0.5) is 0 Å². The van der Waals surface area contributed by atoms with Crippen LogP contribution in [0.15, 0.2) is 46.6 Å². The van der Waals surface area contributed by atoms with E-state index in [1.807, 2.05) is 37.9 Å². The molecule has 1 N–H and O–H groups in total. The summed E-state index contributed by atoms with van der Waals surface area (Å²) in [5.74, 6) is -0.295. The van der Waals surface area contributed by atoms with Crippen molar-refractivity contribution in [2.24, 2.45) is 5.41 Å². The first-order chi connectivity index (χ1) is 15.0. The van der Waals surface area contributed by atoms with E-state index in [-0.39, 0.29) is 17.0 Å². The quantitative estimate of drug-likeness (QED) is 0.680. The van der Waals surface area contributed by atoms with Crippen molar-refractivity contribution in [3.63, 3.8) is 0 Å². The molecule has 2 heterocycles. The largest absolute Gasteiger partial charge is 0.498 e. The molecule has 1 aliphatic heterocycles. The minimum Gasteiger partial charge on any atom is -0.498 e. The molecule has 174 valence electrons. The molecule has 7 nitrogen and oxygen atoms in total. The van der Waals surface area contributed by atoms with Crippen LogP contribution in [0, 0.1) is 5.41 Å². The third kappa shape index (κ3) is 5.15. The van der Waals surface area contributed by atoms with Crippen LogP contribution in [0.1, 0.15) is 55.7 Å². The molecule has 1 aromatic heterocycles. The van der Waals surface area contributed by atoms with Gasteiger partial charge in [0.25, 0.3) is 0 Å². The number of fused-ring (bicyclic) bond motifs is 1. The van der Waals surface area contributed by atoms with Crippen molar-refractivity contribution in [3.05, 3.63) is 63.3 Å². The van der Waals surface area contributed by atoms with E-state index in [4.69, 9.17) is 4.74 Å². The highest BCUT2D eigenvalue weighted by Crippen LogP contribution is 2.41. The lowest BCUT2D eigenvalue weighted by Gasteiger charge is -2.44. The van der Waals surface area contributed by atoms with Gasteiger partial charge >= 0.3 is 5.97 Å². The number of pyridine rings is 1. The van der Waals surface area contributed by atoms with Gasteiger partial charge in [-0.1, -0.05) is 32.9 Å². The molecule has 0 saturated heterocycles. The standard InChI is InChI=1S/C25H35N3O4/c1-25(2,3)22-16-27(6)23(20-14-21(29)19(24(30)31)15-28(20)22)17-9-7-10-18(13-17)32-12-8-11-26(4)5/h7,9-10,14-15,22H,8,11-13,16H2,1-6H3,(H,30,31)/b23-17-. The Balaban J connectivity index is 2.00. The third-order valence-electron chi connectivity index (χ3n) is 6.00. The molecule has 32 heavy (non-hydrogen) atoms. The van der Waals surface area contributed by atoms with Gasteiger partial charge in [0.2, 0.25) is 0 Å². The number of rotatable bonds is 6. The second kappa shape index (κ2) is 9.36. The number of carboxylic acid groups (broad SMARTS) is 1. The summed E-state index contributed by atoms with van der Waals surface area (Å²) in [5.41, 5.74) is 1.97. The van der Waals surface area contributed by atoms with Gasteiger partial charge in [0.1, 0.15) is 11.3 Å². The average Bonchev–Trinajstić information content (AvgIpc) is 2.69. The van der Waals surface area contributed by atoms with Crippen molar-refractivity contribution in [2.45, 2.75) is 39.7 Å². The van der Waals surface area contributed by atoms with E-state index in [1.165, 1.54) is 12.3 Å². The Morgan fingerprint density at radius 3 is 2.66 bits per heavy atom. The number of likely N-dealkylation sites (N-methyl/N-ethyl adjacent to an activating group) is 1. The van der Waals surface area contributed by atoms with E-state index < -0.39 is 11.4 Å². The fraction of sp³-hybridized carbons (Fsp3) is 0.520. The van der Waals surface area contributed by atoms with Crippen LogP contribution in [-0.2, 0) is 4.74 Å². The van der Waals surface area contributed by atoms with E-state index in [0.29, 0.717) is 19.6 Å². The molecule has 0 spiro atoms. The lowest BCUT2D eigenvalue weighted by Crippen LogP contribution is -2.42. The third-order valence-corrected chi connectivity index (χ3v) is 6.00. The number of aromatic nitrogens is 1. The average molecular weight is 442 g/mol. The Bertz CT molecular complexity index is 1020.